The molecule has 2 unspecified atom stereocenters. The largest absolute Gasteiger partial charge is 0.455 e. The van der Waals surface area contributed by atoms with Crippen molar-refractivity contribution >= 4 is 38.7 Å². The summed E-state index contributed by atoms with van der Waals surface area (Å²) in [5.41, 5.74) is 16.0. The summed E-state index contributed by atoms with van der Waals surface area (Å²) in [5, 5.41) is 2.31. The molecule has 4 heteroatoms. The molecule has 0 spiro atoms. The van der Waals surface area contributed by atoms with Crippen LogP contribution in [0.4, 0.5) is 0 Å². The first-order valence-corrected chi connectivity index (χ1v) is 19.5. The Hall–Kier alpha value is -5.74. The molecule has 2 aliphatic rings. The average Bonchev–Trinajstić information content (AvgIpc) is 3.74. The summed E-state index contributed by atoms with van der Waals surface area (Å²) in [4.78, 5) is 0. The number of benzene rings is 5. The molecular formula is C49H45N3O+2. The smallest absolute Gasteiger partial charge is 0.304 e. The Morgan fingerprint density at radius 1 is 0.755 bits per heavy atom. The second-order valence-electron chi connectivity index (χ2n) is 15.0. The van der Waals surface area contributed by atoms with E-state index in [4.69, 9.17) is 11.0 Å². The number of hydrogen-bond donors (Lipinski definition) is 0. The first-order valence-electron chi connectivity index (χ1n) is 19.5. The minimum absolute atomic E-state index is 0.218. The van der Waals surface area contributed by atoms with Gasteiger partial charge in [-0.25, -0.2) is 0 Å². The number of furan rings is 1. The maximum atomic E-state index is 7.00. The summed E-state index contributed by atoms with van der Waals surface area (Å²) in [6.07, 6.45) is 9.23. The highest BCUT2D eigenvalue weighted by Gasteiger charge is 2.44. The molecule has 4 nitrogen and oxygen atoms in total. The van der Waals surface area contributed by atoms with Gasteiger partial charge in [0, 0.05) is 34.4 Å². The Labute approximate surface area is 311 Å². The van der Waals surface area contributed by atoms with Gasteiger partial charge in [-0.3, -0.25) is 0 Å². The van der Waals surface area contributed by atoms with Gasteiger partial charge in [0.15, 0.2) is 28.9 Å². The highest BCUT2D eigenvalue weighted by Crippen LogP contribution is 2.47. The van der Waals surface area contributed by atoms with Crippen LogP contribution in [-0.2, 0) is 19.3 Å². The number of aromatic nitrogens is 3. The van der Waals surface area contributed by atoms with Crippen molar-refractivity contribution in [2.45, 2.75) is 70.8 Å². The summed E-state index contributed by atoms with van der Waals surface area (Å²) in [6, 6.07) is 45.1. The van der Waals surface area contributed by atoms with Crippen LogP contribution in [0.1, 0.15) is 73.7 Å². The van der Waals surface area contributed by atoms with Gasteiger partial charge in [0.2, 0.25) is 5.69 Å². The number of nitrogens with zero attached hydrogens (tertiary/aromatic N) is 3. The molecule has 5 aromatic carbocycles. The average molecular weight is 692 g/mol. The summed E-state index contributed by atoms with van der Waals surface area (Å²) in [7, 11) is 0. The van der Waals surface area contributed by atoms with Crippen molar-refractivity contribution in [2.75, 3.05) is 0 Å². The van der Waals surface area contributed by atoms with Crippen LogP contribution in [-0.4, -0.2) is 4.57 Å². The lowest BCUT2D eigenvalue weighted by Gasteiger charge is -2.31. The fraction of sp³-hybridized carbons (Fsp3) is 0.224. The van der Waals surface area contributed by atoms with E-state index < -0.39 is 0 Å². The molecule has 0 radical (unpaired) electrons. The van der Waals surface area contributed by atoms with Crippen molar-refractivity contribution < 1.29 is 13.6 Å². The molecule has 0 aliphatic carbocycles. The Morgan fingerprint density at radius 3 is 2.36 bits per heavy atom. The molecule has 0 saturated heterocycles. The topological polar surface area (TPSA) is 25.8 Å². The fourth-order valence-electron chi connectivity index (χ4n) is 9.76. The van der Waals surface area contributed by atoms with Crippen LogP contribution in [0.2, 0.25) is 0 Å². The van der Waals surface area contributed by atoms with Crippen molar-refractivity contribution in [1.29, 1.82) is 0 Å². The minimum Gasteiger partial charge on any atom is -0.455 e. The number of imidazole rings is 1. The van der Waals surface area contributed by atoms with E-state index in [9.17, 15) is 0 Å². The van der Waals surface area contributed by atoms with E-state index in [0.29, 0.717) is 5.92 Å². The van der Waals surface area contributed by atoms with E-state index in [1.54, 1.807) is 0 Å². The first kappa shape index (κ1) is 32.0. The van der Waals surface area contributed by atoms with Crippen molar-refractivity contribution in [3.05, 3.63) is 156 Å². The van der Waals surface area contributed by atoms with Gasteiger partial charge >= 0.3 is 5.82 Å². The minimum atomic E-state index is 0.218. The van der Waals surface area contributed by atoms with Gasteiger partial charge in [0.1, 0.15) is 22.5 Å². The predicted octanol–water partition coefficient (Wildman–Crippen LogP) is 11.5. The summed E-state index contributed by atoms with van der Waals surface area (Å²) < 4.78 is 14.6. The number of hydrogen-bond acceptors (Lipinski definition) is 1. The second kappa shape index (κ2) is 12.7. The molecule has 2 atom stereocenters. The van der Waals surface area contributed by atoms with Crippen LogP contribution in [0, 0.1) is 0 Å². The summed E-state index contributed by atoms with van der Waals surface area (Å²) in [5.74, 6) is 1.46. The Bertz CT molecular complexity index is 2700. The molecule has 0 bridgehead atoms. The quantitative estimate of drug-likeness (QED) is 0.165. The van der Waals surface area contributed by atoms with Gasteiger partial charge in [-0.1, -0.05) is 112 Å². The molecule has 260 valence electrons. The second-order valence-corrected chi connectivity index (χ2v) is 15.0. The van der Waals surface area contributed by atoms with E-state index in [0.717, 1.165) is 78.4 Å². The molecule has 0 fully saturated rings. The lowest BCUT2D eigenvalue weighted by Crippen LogP contribution is -2.49. The normalized spacial score (nSPS) is 16.6. The predicted molar refractivity (Wildman–Crippen MR) is 216 cm³/mol. The van der Waals surface area contributed by atoms with Crippen molar-refractivity contribution in [3.8, 4) is 28.3 Å². The number of para-hydroxylation sites is 4. The van der Waals surface area contributed by atoms with E-state index in [-0.39, 0.29) is 6.04 Å². The number of aryl methyl sites for hydroxylation is 3. The molecule has 5 heterocycles. The number of rotatable bonds is 5. The Morgan fingerprint density at radius 2 is 1.51 bits per heavy atom. The first-order chi connectivity index (χ1) is 26.2. The SMILES string of the molecule is C=C1CC2C(CCc3ccc4c(oc5ccccc54)c3-c3n(-c4c(CCC)cccc4CCC)c4ccccc4[n+]31)c1ccccc1-c1cccc[n+]12. The molecule has 0 saturated carbocycles. The molecule has 0 N–H and O–H groups in total. The standard InChI is InChI=1S/C49H45N3O/c1-4-15-34-17-14-18-35(16-5-2)47(34)52-43-24-10-9-23-42(43)51-32(3)31-44-38(36-19-6-7-20-37(36)41-22-12-13-30-50(41)44)28-26-33-27-29-40-39-21-8-11-25-45(39)53-48(40)46(33)49(51)52/h6-14,17-25,27,29-30,38,44H,3-5,15-16,26,28,31H2,1-2H3/q+2. The monoisotopic (exact) mass is 691 g/mol. The van der Waals surface area contributed by atoms with E-state index in [1.807, 2.05) is 0 Å². The Kier molecular flexibility index (Phi) is 7.68. The lowest BCUT2D eigenvalue weighted by atomic mass is 9.77. The molecule has 0 amide bonds. The highest BCUT2D eigenvalue weighted by molar-refractivity contribution is 6.10. The zero-order valence-corrected chi connectivity index (χ0v) is 30.7. The summed E-state index contributed by atoms with van der Waals surface area (Å²) >= 11 is 0. The van der Waals surface area contributed by atoms with Crippen LogP contribution in [0.3, 0.4) is 0 Å². The van der Waals surface area contributed by atoms with Gasteiger partial charge in [-0.15, -0.1) is 0 Å². The maximum Gasteiger partial charge on any atom is 0.304 e. The molecule has 53 heavy (non-hydrogen) atoms. The number of fused-ring (bicyclic) bond motifs is 15. The highest BCUT2D eigenvalue weighted by atomic mass is 16.3. The van der Waals surface area contributed by atoms with Crippen molar-refractivity contribution in [1.82, 2.24) is 4.57 Å². The molecule has 2 aliphatic heterocycles. The van der Waals surface area contributed by atoms with Gasteiger partial charge in [-0.05, 0) is 78.3 Å². The van der Waals surface area contributed by atoms with Crippen LogP contribution >= 0.6 is 0 Å². The van der Waals surface area contributed by atoms with Gasteiger partial charge in [0.25, 0.3) is 0 Å². The third-order valence-electron chi connectivity index (χ3n) is 11.9. The zero-order valence-electron chi connectivity index (χ0n) is 30.7. The zero-order chi connectivity index (χ0) is 35.6. The molecule has 8 aromatic rings. The Balaban J connectivity index is 1.34. The number of pyridine rings is 1. The molecule has 10 rings (SSSR count). The van der Waals surface area contributed by atoms with Crippen molar-refractivity contribution in [3.63, 3.8) is 0 Å². The van der Waals surface area contributed by atoms with Crippen LogP contribution in [0.5, 0.6) is 0 Å². The van der Waals surface area contributed by atoms with E-state index in [2.05, 4.69) is 155 Å². The fourth-order valence-corrected chi connectivity index (χ4v) is 9.76. The lowest BCUT2D eigenvalue weighted by molar-refractivity contribution is -0.719. The van der Waals surface area contributed by atoms with Crippen LogP contribution in [0.25, 0.3) is 67.0 Å². The molecular weight excluding hydrogens is 647 g/mol. The number of allylic oxidation sites excluding steroid dienone is 1. The molecule has 3 aromatic heterocycles. The third-order valence-corrected chi connectivity index (χ3v) is 11.9. The van der Waals surface area contributed by atoms with Crippen molar-refractivity contribution in [2.24, 2.45) is 0 Å². The summed E-state index contributed by atoms with van der Waals surface area (Å²) in [6.45, 7) is 9.61. The van der Waals surface area contributed by atoms with Crippen LogP contribution in [0.15, 0.2) is 139 Å². The van der Waals surface area contributed by atoms with Gasteiger partial charge in [-0.2, -0.15) is 13.7 Å². The van der Waals surface area contributed by atoms with Gasteiger partial charge < -0.3 is 4.42 Å². The van der Waals surface area contributed by atoms with Crippen LogP contribution < -0.4 is 9.13 Å². The maximum absolute atomic E-state index is 7.00. The van der Waals surface area contributed by atoms with E-state index >= 15 is 0 Å². The van der Waals surface area contributed by atoms with Gasteiger partial charge in [0.05, 0.1) is 6.42 Å². The third kappa shape index (κ3) is 4.88. The van der Waals surface area contributed by atoms with E-state index in [1.165, 1.54) is 55.8 Å².